The third kappa shape index (κ3) is 4.22. The lowest BCUT2D eigenvalue weighted by Gasteiger charge is -2.35. The van der Waals surface area contributed by atoms with Gasteiger partial charge < -0.3 is 20.6 Å². The molecule has 0 saturated carbocycles. The molecule has 186 valence electrons. The number of aliphatic hydroxyl groups is 1. The molecule has 3 aliphatic rings. The van der Waals surface area contributed by atoms with Crippen LogP contribution in [0.25, 0.3) is 0 Å². The number of aliphatic hydroxyl groups excluding tert-OH is 1. The number of rotatable bonds is 10. The summed E-state index contributed by atoms with van der Waals surface area (Å²) in [5, 5.41) is 15.6. The van der Waals surface area contributed by atoms with E-state index >= 15 is 0 Å². The molecule has 1 spiro atoms. The molecule has 1 aromatic rings. The van der Waals surface area contributed by atoms with Crippen LogP contribution in [0.5, 0.6) is 0 Å². The first-order chi connectivity index (χ1) is 16.3. The van der Waals surface area contributed by atoms with Gasteiger partial charge in [0.25, 0.3) is 0 Å². The van der Waals surface area contributed by atoms with Crippen molar-refractivity contribution in [2.75, 3.05) is 25.0 Å². The van der Waals surface area contributed by atoms with Crippen LogP contribution in [-0.4, -0.2) is 63.0 Å². The number of benzene rings is 1. The van der Waals surface area contributed by atoms with Gasteiger partial charge in [-0.05, 0) is 57.6 Å². The van der Waals surface area contributed by atoms with Crippen LogP contribution in [0, 0.1) is 11.8 Å². The maximum Gasteiger partial charge on any atom is 0.248 e. The molecule has 3 fully saturated rings. The number of hydrogen-bond acceptors (Lipinski definition) is 5. The minimum atomic E-state index is -0.675. The molecule has 3 amide bonds. The molecule has 4 rings (SSSR count). The summed E-state index contributed by atoms with van der Waals surface area (Å²) >= 11 is 7.97. The van der Waals surface area contributed by atoms with Gasteiger partial charge in [0, 0.05) is 24.4 Å². The highest BCUT2D eigenvalue weighted by Crippen LogP contribution is 2.71. The zero-order chi connectivity index (χ0) is 24.5. The Bertz CT molecular complexity index is 962. The fraction of sp³-hybridized carbons (Fsp3) is 0.640. The first kappa shape index (κ1) is 25.3. The molecule has 0 aliphatic carbocycles. The van der Waals surface area contributed by atoms with E-state index < -0.39 is 22.6 Å². The Morgan fingerprint density at radius 2 is 1.97 bits per heavy atom. The molecule has 3 saturated heterocycles. The van der Waals surface area contributed by atoms with E-state index in [0.717, 1.165) is 25.7 Å². The third-order valence-corrected chi connectivity index (χ3v) is 9.86. The molecular weight excluding hydrogens is 474 g/mol. The van der Waals surface area contributed by atoms with Gasteiger partial charge in [-0.2, -0.15) is 0 Å². The standard InChI is InChI=1S/C25H34ClN3O4S/c1-3-13-27-21(31)18-19-23(33)29(14-7-4-8-15-30)20(25(19)12-11-24(18,2)34-25)22(32)28-17-10-6-5-9-16(17)26/h5-6,9-10,18-20,30H,3-4,7-8,11-15H2,1-2H3,(H,27,31)(H,28,32)/t18-,19+,20?,24+,25?/m1/s1. The minimum absolute atomic E-state index is 0.0795. The number of thioether (sulfide) groups is 1. The van der Waals surface area contributed by atoms with E-state index in [9.17, 15) is 14.4 Å². The van der Waals surface area contributed by atoms with Gasteiger partial charge >= 0.3 is 0 Å². The van der Waals surface area contributed by atoms with Crippen LogP contribution in [-0.2, 0) is 14.4 Å². The Labute approximate surface area is 210 Å². The lowest BCUT2D eigenvalue weighted by atomic mass is 9.66. The molecule has 3 aliphatic heterocycles. The van der Waals surface area contributed by atoms with E-state index in [2.05, 4.69) is 17.6 Å². The number of para-hydroxylation sites is 1. The highest BCUT2D eigenvalue weighted by atomic mass is 35.5. The SMILES string of the molecule is CCCNC(=O)[C@H]1[C@H]2C(=O)N(CCCCCO)C(C(=O)Nc3ccccc3Cl)C23CC[C@]1(C)S3. The van der Waals surface area contributed by atoms with Crippen LogP contribution in [0.15, 0.2) is 24.3 Å². The van der Waals surface area contributed by atoms with Crippen LogP contribution in [0.1, 0.15) is 52.4 Å². The highest BCUT2D eigenvalue weighted by molar-refractivity contribution is 8.02. The Hall–Kier alpha value is -1.77. The first-order valence-corrected chi connectivity index (χ1v) is 13.4. The quantitative estimate of drug-likeness (QED) is 0.421. The number of amides is 3. The Balaban J connectivity index is 1.67. The summed E-state index contributed by atoms with van der Waals surface area (Å²) in [4.78, 5) is 42.6. The van der Waals surface area contributed by atoms with Crippen molar-refractivity contribution in [3.8, 4) is 0 Å². The number of hydrogen-bond donors (Lipinski definition) is 3. The van der Waals surface area contributed by atoms with Crippen LogP contribution in [0.4, 0.5) is 5.69 Å². The van der Waals surface area contributed by atoms with Crippen molar-refractivity contribution in [3.63, 3.8) is 0 Å². The predicted molar refractivity (Wildman–Crippen MR) is 135 cm³/mol. The van der Waals surface area contributed by atoms with Crippen LogP contribution in [0.2, 0.25) is 5.02 Å². The predicted octanol–water partition coefficient (Wildman–Crippen LogP) is 3.45. The van der Waals surface area contributed by atoms with Gasteiger partial charge in [-0.1, -0.05) is 30.7 Å². The van der Waals surface area contributed by atoms with Crippen molar-refractivity contribution in [2.45, 2.75) is 67.9 Å². The van der Waals surface area contributed by atoms with Crippen molar-refractivity contribution in [2.24, 2.45) is 11.8 Å². The molecule has 34 heavy (non-hydrogen) atoms. The number of nitrogens with one attached hydrogen (secondary N) is 2. The summed E-state index contributed by atoms with van der Waals surface area (Å²) in [7, 11) is 0. The maximum atomic E-state index is 13.9. The summed E-state index contributed by atoms with van der Waals surface area (Å²) in [5.74, 6) is -1.41. The largest absolute Gasteiger partial charge is 0.396 e. The first-order valence-electron chi connectivity index (χ1n) is 12.2. The number of anilines is 1. The van der Waals surface area contributed by atoms with Crippen LogP contribution < -0.4 is 10.6 Å². The monoisotopic (exact) mass is 507 g/mol. The average Bonchev–Trinajstić information content (AvgIpc) is 3.37. The number of carbonyl (C=O) groups excluding carboxylic acids is 3. The molecule has 9 heteroatoms. The zero-order valence-electron chi connectivity index (χ0n) is 19.8. The number of halogens is 1. The molecule has 1 aromatic carbocycles. The molecule has 5 atom stereocenters. The maximum absolute atomic E-state index is 13.9. The number of carbonyl (C=O) groups is 3. The Morgan fingerprint density at radius 1 is 1.21 bits per heavy atom. The number of fused-ring (bicyclic) bond motifs is 1. The van der Waals surface area contributed by atoms with E-state index in [1.54, 1.807) is 40.9 Å². The van der Waals surface area contributed by atoms with E-state index in [1.807, 2.05) is 6.92 Å². The second-order valence-corrected chi connectivity index (χ2v) is 12.1. The number of nitrogens with zero attached hydrogens (tertiary/aromatic N) is 1. The smallest absolute Gasteiger partial charge is 0.248 e. The van der Waals surface area contributed by atoms with E-state index in [0.29, 0.717) is 36.6 Å². The zero-order valence-corrected chi connectivity index (χ0v) is 21.4. The average molecular weight is 508 g/mol. The molecule has 0 radical (unpaired) electrons. The van der Waals surface area contributed by atoms with Crippen molar-refractivity contribution in [3.05, 3.63) is 29.3 Å². The van der Waals surface area contributed by atoms with Gasteiger partial charge in [-0.3, -0.25) is 14.4 Å². The van der Waals surface area contributed by atoms with Crippen molar-refractivity contribution >= 4 is 46.8 Å². The van der Waals surface area contributed by atoms with Gasteiger partial charge in [0.15, 0.2) is 0 Å². The van der Waals surface area contributed by atoms with E-state index in [-0.39, 0.29) is 29.1 Å². The van der Waals surface area contributed by atoms with E-state index in [4.69, 9.17) is 16.7 Å². The molecule has 3 N–H and O–H groups in total. The molecule has 2 bridgehead atoms. The molecule has 0 aromatic heterocycles. The van der Waals surface area contributed by atoms with Gasteiger partial charge in [0.2, 0.25) is 17.7 Å². The highest BCUT2D eigenvalue weighted by Gasteiger charge is 2.76. The van der Waals surface area contributed by atoms with Gasteiger partial charge in [0.05, 0.1) is 27.3 Å². The molecular formula is C25H34ClN3O4S. The normalized spacial score (nSPS) is 31.6. The lowest BCUT2D eigenvalue weighted by Crippen LogP contribution is -2.52. The second kappa shape index (κ2) is 10.1. The third-order valence-electron chi connectivity index (χ3n) is 7.55. The second-order valence-electron chi connectivity index (χ2n) is 9.80. The summed E-state index contributed by atoms with van der Waals surface area (Å²) in [6.07, 6.45) is 4.45. The van der Waals surface area contributed by atoms with Crippen molar-refractivity contribution in [1.29, 1.82) is 0 Å². The van der Waals surface area contributed by atoms with Crippen molar-refractivity contribution in [1.82, 2.24) is 10.2 Å². The summed E-state index contributed by atoms with van der Waals surface area (Å²) in [6.45, 7) is 5.18. The van der Waals surface area contributed by atoms with Crippen LogP contribution >= 0.6 is 23.4 Å². The summed E-state index contributed by atoms with van der Waals surface area (Å²) < 4.78 is -1.01. The minimum Gasteiger partial charge on any atom is -0.396 e. The Kier molecular flexibility index (Phi) is 7.50. The number of likely N-dealkylation sites (tertiary alicyclic amines) is 1. The Morgan fingerprint density at radius 3 is 2.68 bits per heavy atom. The molecule has 7 nitrogen and oxygen atoms in total. The fourth-order valence-corrected chi connectivity index (χ4v) is 8.60. The molecule has 2 unspecified atom stereocenters. The number of unbranched alkanes of at least 4 members (excludes halogenated alkanes) is 2. The van der Waals surface area contributed by atoms with Gasteiger partial charge in [-0.15, -0.1) is 11.8 Å². The summed E-state index contributed by atoms with van der Waals surface area (Å²) in [6, 6.07) is 6.40. The van der Waals surface area contributed by atoms with Gasteiger partial charge in [0.1, 0.15) is 6.04 Å². The van der Waals surface area contributed by atoms with Gasteiger partial charge in [-0.25, -0.2) is 0 Å². The lowest BCUT2D eigenvalue weighted by molar-refractivity contribution is -0.140. The van der Waals surface area contributed by atoms with Crippen LogP contribution in [0.3, 0.4) is 0 Å². The summed E-state index contributed by atoms with van der Waals surface area (Å²) in [5.41, 5.74) is 0.516. The molecule has 3 heterocycles. The van der Waals surface area contributed by atoms with Crippen molar-refractivity contribution < 1.29 is 19.5 Å². The topological polar surface area (TPSA) is 98.7 Å². The van der Waals surface area contributed by atoms with E-state index in [1.165, 1.54) is 0 Å². The fourth-order valence-electron chi connectivity index (χ4n) is 6.06.